The Balaban J connectivity index is 1.40. The Hall–Kier alpha value is -3.60. The third kappa shape index (κ3) is 3.92. The molecule has 30 heavy (non-hydrogen) atoms. The van der Waals surface area contributed by atoms with Gasteiger partial charge in [0.25, 0.3) is 5.89 Å². The van der Waals surface area contributed by atoms with E-state index < -0.39 is 0 Å². The molecule has 7 nitrogen and oxygen atoms in total. The minimum atomic E-state index is -0.311. The molecular weight excluding hydrogens is 387 g/mol. The lowest BCUT2D eigenvalue weighted by Crippen LogP contribution is -2.41. The lowest BCUT2D eigenvalue weighted by molar-refractivity contribution is -0.135. The molecule has 1 fully saturated rings. The number of halogens is 1. The van der Waals surface area contributed by atoms with Crippen molar-refractivity contribution in [3.05, 3.63) is 59.7 Å². The van der Waals surface area contributed by atoms with E-state index in [4.69, 9.17) is 8.83 Å². The number of benzene rings is 1. The first-order valence-corrected chi connectivity index (χ1v) is 9.75. The number of anilines is 1. The number of carbonyl (C=O) groups excluding carboxylic acids is 1. The van der Waals surface area contributed by atoms with Gasteiger partial charge in [-0.05, 0) is 31.0 Å². The van der Waals surface area contributed by atoms with Gasteiger partial charge in [0.1, 0.15) is 11.9 Å². The van der Waals surface area contributed by atoms with Crippen LogP contribution in [0.1, 0.15) is 24.1 Å². The zero-order valence-corrected chi connectivity index (χ0v) is 16.5. The number of aromatic nitrogens is 1. The molecule has 0 bridgehead atoms. The van der Waals surface area contributed by atoms with Gasteiger partial charge in [-0.25, -0.2) is 4.39 Å². The van der Waals surface area contributed by atoms with Crippen LogP contribution in [0.15, 0.2) is 51.5 Å². The Bertz CT molecular complexity index is 1060. The van der Waals surface area contributed by atoms with Crippen LogP contribution in [0, 0.1) is 23.1 Å². The fourth-order valence-electron chi connectivity index (χ4n) is 3.71. The molecule has 3 heterocycles. The molecule has 1 aromatic carbocycles. The topological polar surface area (TPSA) is 86.5 Å². The second-order valence-corrected chi connectivity index (χ2v) is 7.31. The van der Waals surface area contributed by atoms with Crippen molar-refractivity contribution in [1.29, 1.82) is 5.26 Å². The highest BCUT2D eigenvalue weighted by atomic mass is 19.1. The van der Waals surface area contributed by atoms with Crippen LogP contribution in [0.3, 0.4) is 0 Å². The van der Waals surface area contributed by atoms with E-state index in [1.807, 2.05) is 4.90 Å². The number of oxazole rings is 1. The van der Waals surface area contributed by atoms with E-state index in [9.17, 15) is 14.4 Å². The fourth-order valence-corrected chi connectivity index (χ4v) is 3.71. The average Bonchev–Trinajstić information content (AvgIpc) is 3.44. The Morgan fingerprint density at radius 3 is 2.73 bits per heavy atom. The number of carbonyl (C=O) groups is 1. The van der Waals surface area contributed by atoms with E-state index >= 15 is 0 Å². The van der Waals surface area contributed by atoms with Crippen LogP contribution in [0.5, 0.6) is 0 Å². The van der Waals surface area contributed by atoms with Crippen molar-refractivity contribution in [2.45, 2.75) is 19.4 Å². The minimum absolute atomic E-state index is 0.00717. The van der Waals surface area contributed by atoms with E-state index in [2.05, 4.69) is 11.1 Å². The SMILES string of the molecule is CN(Cc1ccccc1F)C(=O)C1CCN(c2oc(-c3ccco3)nc2C#N)CC1. The highest BCUT2D eigenvalue weighted by Crippen LogP contribution is 2.31. The summed E-state index contributed by atoms with van der Waals surface area (Å²) in [5.74, 6) is 0.637. The Kier molecular flexibility index (Phi) is 5.53. The molecule has 0 aliphatic carbocycles. The lowest BCUT2D eigenvalue weighted by Gasteiger charge is -2.33. The van der Waals surface area contributed by atoms with E-state index in [0.29, 0.717) is 43.1 Å². The van der Waals surface area contributed by atoms with Gasteiger partial charge in [0.2, 0.25) is 17.5 Å². The first kappa shape index (κ1) is 19.7. The number of furan rings is 1. The summed E-state index contributed by atoms with van der Waals surface area (Å²) >= 11 is 0. The number of hydrogen-bond donors (Lipinski definition) is 0. The first-order valence-electron chi connectivity index (χ1n) is 9.75. The zero-order valence-electron chi connectivity index (χ0n) is 16.5. The third-order valence-electron chi connectivity index (χ3n) is 5.32. The van der Waals surface area contributed by atoms with E-state index in [1.165, 1.54) is 12.3 Å². The molecular formula is C22H21FN4O3. The second kappa shape index (κ2) is 8.41. The van der Waals surface area contributed by atoms with Crippen LogP contribution in [0.25, 0.3) is 11.7 Å². The number of hydrogen-bond acceptors (Lipinski definition) is 6. The largest absolute Gasteiger partial charge is 0.459 e. The molecule has 1 aliphatic heterocycles. The van der Waals surface area contributed by atoms with Crippen LogP contribution in [-0.4, -0.2) is 35.9 Å². The van der Waals surface area contributed by atoms with E-state index in [-0.39, 0.29) is 35.8 Å². The molecule has 2 aromatic heterocycles. The number of nitriles is 1. The predicted molar refractivity (Wildman–Crippen MR) is 107 cm³/mol. The fraction of sp³-hybridized carbons (Fsp3) is 0.318. The van der Waals surface area contributed by atoms with Crippen LogP contribution in [0.2, 0.25) is 0 Å². The maximum Gasteiger partial charge on any atom is 0.266 e. The number of nitrogens with zero attached hydrogens (tertiary/aromatic N) is 4. The summed E-state index contributed by atoms with van der Waals surface area (Å²) in [6, 6.07) is 12.0. The molecule has 0 spiro atoms. The summed E-state index contributed by atoms with van der Waals surface area (Å²) in [5.41, 5.74) is 0.694. The molecule has 8 heteroatoms. The zero-order chi connectivity index (χ0) is 21.1. The van der Waals surface area contributed by atoms with Gasteiger partial charge in [-0.15, -0.1) is 0 Å². The number of amides is 1. The lowest BCUT2D eigenvalue weighted by atomic mass is 9.95. The molecule has 0 radical (unpaired) electrons. The van der Waals surface area contributed by atoms with Gasteiger partial charge in [0.05, 0.1) is 6.26 Å². The maximum absolute atomic E-state index is 13.9. The molecule has 0 N–H and O–H groups in total. The number of rotatable bonds is 5. The highest BCUT2D eigenvalue weighted by molar-refractivity contribution is 5.79. The summed E-state index contributed by atoms with van der Waals surface area (Å²) in [6.07, 6.45) is 2.74. The molecule has 4 rings (SSSR count). The van der Waals surface area contributed by atoms with Crippen molar-refractivity contribution in [2.75, 3.05) is 25.0 Å². The average molecular weight is 408 g/mol. The monoisotopic (exact) mass is 408 g/mol. The Morgan fingerprint density at radius 2 is 2.07 bits per heavy atom. The van der Waals surface area contributed by atoms with Crippen LogP contribution in [0.4, 0.5) is 10.3 Å². The van der Waals surface area contributed by atoms with Gasteiger partial charge < -0.3 is 18.6 Å². The van der Waals surface area contributed by atoms with Gasteiger partial charge in [-0.2, -0.15) is 10.2 Å². The summed E-state index contributed by atoms with van der Waals surface area (Å²) in [6.45, 7) is 1.36. The predicted octanol–water partition coefficient (Wildman–Crippen LogP) is 3.82. The van der Waals surface area contributed by atoms with Crippen molar-refractivity contribution in [3.8, 4) is 17.7 Å². The van der Waals surface area contributed by atoms with Gasteiger partial charge in [0, 0.05) is 38.2 Å². The van der Waals surface area contributed by atoms with Gasteiger partial charge in [-0.3, -0.25) is 4.79 Å². The standard InChI is InChI=1S/C22H21FN4O3/c1-26(14-16-5-2-3-6-17(16)23)21(28)15-8-10-27(11-9-15)22-18(13-24)25-20(30-22)19-7-4-12-29-19/h2-7,12,15H,8-11,14H2,1H3. The third-order valence-corrected chi connectivity index (χ3v) is 5.32. The van der Waals surface area contributed by atoms with Crippen molar-refractivity contribution < 1.29 is 18.0 Å². The van der Waals surface area contributed by atoms with Gasteiger partial charge in [0.15, 0.2) is 5.76 Å². The summed E-state index contributed by atoms with van der Waals surface area (Å²) in [4.78, 5) is 20.5. The second-order valence-electron chi connectivity index (χ2n) is 7.31. The van der Waals surface area contributed by atoms with Crippen molar-refractivity contribution in [1.82, 2.24) is 9.88 Å². The smallest absolute Gasteiger partial charge is 0.266 e. The van der Waals surface area contributed by atoms with Gasteiger partial charge >= 0.3 is 0 Å². The van der Waals surface area contributed by atoms with Crippen molar-refractivity contribution >= 4 is 11.8 Å². The highest BCUT2D eigenvalue weighted by Gasteiger charge is 2.30. The molecule has 1 saturated heterocycles. The summed E-state index contributed by atoms with van der Waals surface area (Å²) in [7, 11) is 1.70. The summed E-state index contributed by atoms with van der Waals surface area (Å²) in [5, 5.41) is 9.41. The molecule has 0 unspecified atom stereocenters. The molecule has 1 amide bonds. The minimum Gasteiger partial charge on any atom is -0.459 e. The van der Waals surface area contributed by atoms with Crippen molar-refractivity contribution in [3.63, 3.8) is 0 Å². The van der Waals surface area contributed by atoms with Crippen molar-refractivity contribution in [2.24, 2.45) is 5.92 Å². The molecule has 0 saturated carbocycles. The maximum atomic E-state index is 13.9. The molecule has 0 atom stereocenters. The van der Waals surface area contributed by atoms with Crippen LogP contribution < -0.4 is 4.90 Å². The quantitative estimate of drug-likeness (QED) is 0.638. The van der Waals surface area contributed by atoms with Gasteiger partial charge in [-0.1, -0.05) is 18.2 Å². The van der Waals surface area contributed by atoms with Crippen LogP contribution >= 0.6 is 0 Å². The van der Waals surface area contributed by atoms with E-state index in [1.54, 1.807) is 42.3 Å². The normalized spacial score (nSPS) is 14.5. The molecule has 1 aliphatic rings. The number of piperidine rings is 1. The van der Waals surface area contributed by atoms with E-state index in [0.717, 1.165) is 0 Å². The summed E-state index contributed by atoms with van der Waals surface area (Å²) < 4.78 is 25.0. The van der Waals surface area contributed by atoms with Crippen LogP contribution in [-0.2, 0) is 11.3 Å². The Morgan fingerprint density at radius 1 is 1.30 bits per heavy atom. The Labute approximate surface area is 173 Å². The molecule has 3 aromatic rings. The first-order chi connectivity index (χ1) is 14.6. The molecule has 154 valence electrons.